The van der Waals surface area contributed by atoms with Gasteiger partial charge < -0.3 is 20.1 Å². The van der Waals surface area contributed by atoms with Crippen molar-refractivity contribution < 1.29 is 9.47 Å². The van der Waals surface area contributed by atoms with Crippen LogP contribution in [-0.4, -0.2) is 26.8 Å². The van der Waals surface area contributed by atoms with Crippen LogP contribution in [0.3, 0.4) is 0 Å². The van der Waals surface area contributed by atoms with E-state index < -0.39 is 0 Å². The maximum absolute atomic E-state index is 5.41. The molecule has 0 radical (unpaired) electrons. The number of hydrogen-bond acceptors (Lipinski definition) is 4. The predicted molar refractivity (Wildman–Crippen MR) is 87.6 cm³/mol. The molecule has 0 saturated carbocycles. The Labute approximate surface area is 126 Å². The molecule has 4 nitrogen and oxygen atoms in total. The van der Waals surface area contributed by atoms with E-state index in [1.54, 1.807) is 7.11 Å². The van der Waals surface area contributed by atoms with Crippen molar-refractivity contribution in [2.45, 2.75) is 6.92 Å². The average Bonchev–Trinajstić information content (AvgIpc) is 2.54. The van der Waals surface area contributed by atoms with E-state index in [0.29, 0.717) is 6.61 Å². The van der Waals surface area contributed by atoms with Gasteiger partial charge in [0.1, 0.15) is 11.5 Å². The minimum absolute atomic E-state index is 0.693. The van der Waals surface area contributed by atoms with Crippen molar-refractivity contribution in [3.63, 3.8) is 0 Å². The molecule has 0 spiro atoms. The molecule has 2 N–H and O–H groups in total. The second-order valence-corrected chi connectivity index (χ2v) is 4.54. The fourth-order valence-corrected chi connectivity index (χ4v) is 1.96. The molecule has 0 aliphatic carbocycles. The number of anilines is 2. The zero-order valence-electron chi connectivity index (χ0n) is 12.6. The summed E-state index contributed by atoms with van der Waals surface area (Å²) in [5.41, 5.74) is 2.18. The van der Waals surface area contributed by atoms with Gasteiger partial charge in [-0.3, -0.25) is 0 Å². The van der Waals surface area contributed by atoms with Gasteiger partial charge in [-0.25, -0.2) is 0 Å². The van der Waals surface area contributed by atoms with Crippen LogP contribution in [0.25, 0.3) is 0 Å². The Morgan fingerprint density at radius 2 is 1.24 bits per heavy atom. The van der Waals surface area contributed by atoms with E-state index >= 15 is 0 Å². The van der Waals surface area contributed by atoms with Crippen LogP contribution in [0.15, 0.2) is 48.5 Å². The molecule has 112 valence electrons. The normalized spacial score (nSPS) is 10.0. The van der Waals surface area contributed by atoms with Crippen LogP contribution in [0.1, 0.15) is 6.92 Å². The Morgan fingerprint density at radius 1 is 0.762 bits per heavy atom. The van der Waals surface area contributed by atoms with E-state index in [-0.39, 0.29) is 0 Å². The number of nitrogens with one attached hydrogen (secondary N) is 2. The van der Waals surface area contributed by atoms with E-state index in [1.807, 2.05) is 55.5 Å². The van der Waals surface area contributed by atoms with Gasteiger partial charge in [0.25, 0.3) is 0 Å². The number of rotatable bonds is 8. The molecule has 0 amide bonds. The highest BCUT2D eigenvalue weighted by molar-refractivity contribution is 5.48. The summed E-state index contributed by atoms with van der Waals surface area (Å²) >= 11 is 0. The zero-order valence-corrected chi connectivity index (χ0v) is 12.6. The summed E-state index contributed by atoms with van der Waals surface area (Å²) in [6, 6.07) is 15.9. The van der Waals surface area contributed by atoms with E-state index in [9.17, 15) is 0 Å². The van der Waals surface area contributed by atoms with Crippen LogP contribution in [0.5, 0.6) is 11.5 Å². The second kappa shape index (κ2) is 8.04. The third-order valence-corrected chi connectivity index (χ3v) is 3.04. The van der Waals surface area contributed by atoms with Gasteiger partial charge in [-0.05, 0) is 55.5 Å². The number of hydrogen-bond donors (Lipinski definition) is 2. The number of benzene rings is 2. The van der Waals surface area contributed by atoms with Crippen LogP contribution >= 0.6 is 0 Å². The lowest BCUT2D eigenvalue weighted by molar-refractivity contribution is 0.340. The lowest BCUT2D eigenvalue weighted by Gasteiger charge is -2.10. The van der Waals surface area contributed by atoms with Gasteiger partial charge in [0.2, 0.25) is 0 Å². The first-order valence-electron chi connectivity index (χ1n) is 7.16. The quantitative estimate of drug-likeness (QED) is 0.727. The number of methoxy groups -OCH3 is 1. The Kier molecular flexibility index (Phi) is 5.76. The van der Waals surface area contributed by atoms with Gasteiger partial charge in [0.05, 0.1) is 13.7 Å². The summed E-state index contributed by atoms with van der Waals surface area (Å²) in [7, 11) is 1.67. The van der Waals surface area contributed by atoms with Crippen molar-refractivity contribution in [3.8, 4) is 11.5 Å². The molecule has 0 fully saturated rings. The van der Waals surface area contributed by atoms with E-state index in [0.717, 1.165) is 36.0 Å². The summed E-state index contributed by atoms with van der Waals surface area (Å²) in [5, 5.41) is 6.72. The van der Waals surface area contributed by atoms with Crippen molar-refractivity contribution >= 4 is 11.4 Å². The Hall–Kier alpha value is -2.36. The molecule has 0 atom stereocenters. The summed E-state index contributed by atoms with van der Waals surface area (Å²) < 4.78 is 10.5. The largest absolute Gasteiger partial charge is 0.497 e. The van der Waals surface area contributed by atoms with Crippen LogP contribution < -0.4 is 20.1 Å². The van der Waals surface area contributed by atoms with Crippen LogP contribution in [0.4, 0.5) is 11.4 Å². The van der Waals surface area contributed by atoms with Crippen LogP contribution in [-0.2, 0) is 0 Å². The van der Waals surface area contributed by atoms with Crippen LogP contribution in [0, 0.1) is 0 Å². The first-order chi connectivity index (χ1) is 10.3. The Balaban J connectivity index is 1.71. The molecule has 2 rings (SSSR count). The summed E-state index contributed by atoms with van der Waals surface area (Å²) in [6.45, 7) is 4.37. The Morgan fingerprint density at radius 3 is 1.67 bits per heavy atom. The minimum atomic E-state index is 0.693. The third-order valence-electron chi connectivity index (χ3n) is 3.04. The lowest BCUT2D eigenvalue weighted by Crippen LogP contribution is -2.13. The molecule has 0 bridgehead atoms. The zero-order chi connectivity index (χ0) is 14.9. The smallest absolute Gasteiger partial charge is 0.119 e. The van der Waals surface area contributed by atoms with E-state index in [1.165, 1.54) is 0 Å². The summed E-state index contributed by atoms with van der Waals surface area (Å²) in [6.07, 6.45) is 0. The van der Waals surface area contributed by atoms with Gasteiger partial charge in [-0.2, -0.15) is 0 Å². The second-order valence-electron chi connectivity index (χ2n) is 4.54. The molecular formula is C17H22N2O2. The van der Waals surface area contributed by atoms with Gasteiger partial charge in [-0.1, -0.05) is 0 Å². The van der Waals surface area contributed by atoms with Gasteiger partial charge >= 0.3 is 0 Å². The molecule has 2 aromatic rings. The molecule has 0 heterocycles. The molecular weight excluding hydrogens is 264 g/mol. The topological polar surface area (TPSA) is 42.5 Å². The van der Waals surface area contributed by atoms with Gasteiger partial charge in [0.15, 0.2) is 0 Å². The molecule has 0 aliphatic heterocycles. The molecule has 4 heteroatoms. The van der Waals surface area contributed by atoms with E-state index in [4.69, 9.17) is 9.47 Å². The highest BCUT2D eigenvalue weighted by atomic mass is 16.5. The SMILES string of the molecule is CCOc1ccc(NCCNc2ccc(OC)cc2)cc1. The van der Waals surface area contributed by atoms with Crippen LogP contribution in [0.2, 0.25) is 0 Å². The van der Waals surface area contributed by atoms with Crippen molar-refractivity contribution in [1.82, 2.24) is 0 Å². The third kappa shape index (κ3) is 4.91. The molecule has 0 saturated heterocycles. The Bertz CT molecular complexity index is 523. The van der Waals surface area contributed by atoms with Gasteiger partial charge in [0, 0.05) is 24.5 Å². The van der Waals surface area contributed by atoms with Gasteiger partial charge in [-0.15, -0.1) is 0 Å². The monoisotopic (exact) mass is 286 g/mol. The summed E-state index contributed by atoms with van der Waals surface area (Å²) in [5.74, 6) is 1.77. The van der Waals surface area contributed by atoms with Crippen molar-refractivity contribution in [2.24, 2.45) is 0 Å². The number of ether oxygens (including phenoxy) is 2. The summed E-state index contributed by atoms with van der Waals surface area (Å²) in [4.78, 5) is 0. The standard InChI is InChI=1S/C17H22N2O2/c1-3-21-17-10-6-15(7-11-17)19-13-12-18-14-4-8-16(20-2)9-5-14/h4-11,18-19H,3,12-13H2,1-2H3. The fourth-order valence-electron chi connectivity index (χ4n) is 1.96. The molecule has 2 aromatic carbocycles. The van der Waals surface area contributed by atoms with Crippen molar-refractivity contribution in [2.75, 3.05) is 37.4 Å². The highest BCUT2D eigenvalue weighted by Gasteiger charge is 1.95. The maximum atomic E-state index is 5.41. The molecule has 0 unspecified atom stereocenters. The van der Waals surface area contributed by atoms with E-state index in [2.05, 4.69) is 10.6 Å². The highest BCUT2D eigenvalue weighted by Crippen LogP contribution is 2.16. The molecule has 0 aliphatic rings. The first-order valence-corrected chi connectivity index (χ1v) is 7.16. The first kappa shape index (κ1) is 15.0. The minimum Gasteiger partial charge on any atom is -0.497 e. The average molecular weight is 286 g/mol. The molecule has 21 heavy (non-hydrogen) atoms. The van der Waals surface area contributed by atoms with Crippen molar-refractivity contribution in [3.05, 3.63) is 48.5 Å². The predicted octanol–water partition coefficient (Wildman–Crippen LogP) is 3.62. The lowest BCUT2D eigenvalue weighted by atomic mass is 10.3. The van der Waals surface area contributed by atoms with Crippen molar-refractivity contribution in [1.29, 1.82) is 0 Å². The maximum Gasteiger partial charge on any atom is 0.119 e. The fraction of sp³-hybridized carbons (Fsp3) is 0.294. The molecule has 0 aromatic heterocycles.